The van der Waals surface area contributed by atoms with Gasteiger partial charge in [-0.2, -0.15) is 0 Å². The Morgan fingerprint density at radius 2 is 2.00 bits per heavy atom. The van der Waals surface area contributed by atoms with E-state index in [1.165, 1.54) is 24.8 Å². The van der Waals surface area contributed by atoms with Gasteiger partial charge in [-0.3, -0.25) is 0 Å². The summed E-state index contributed by atoms with van der Waals surface area (Å²) in [6.45, 7) is 7.98. The molecule has 2 atom stereocenters. The number of hydrogen-bond donors (Lipinski definition) is 1. The fourth-order valence-electron chi connectivity index (χ4n) is 3.14. The zero-order chi connectivity index (χ0) is 13.2. The summed E-state index contributed by atoms with van der Waals surface area (Å²) in [5.41, 5.74) is 1.36. The number of anilines is 1. The Morgan fingerprint density at radius 3 is 2.68 bits per heavy atom. The summed E-state index contributed by atoms with van der Waals surface area (Å²) in [6.07, 6.45) is 6.00. The zero-order valence-electron chi connectivity index (χ0n) is 12.1. The third kappa shape index (κ3) is 3.47. The highest BCUT2D eigenvalue weighted by Gasteiger charge is 2.23. The SMILES string of the molecule is CC1CC(C)CN(c2cc(CNC3CC3)ccn2)C1. The van der Waals surface area contributed by atoms with E-state index in [4.69, 9.17) is 0 Å². The van der Waals surface area contributed by atoms with E-state index in [1.807, 2.05) is 6.20 Å². The third-order valence-electron chi connectivity index (χ3n) is 4.17. The largest absolute Gasteiger partial charge is 0.356 e. The Morgan fingerprint density at radius 1 is 1.26 bits per heavy atom. The lowest BCUT2D eigenvalue weighted by molar-refractivity contribution is 0.355. The minimum Gasteiger partial charge on any atom is -0.356 e. The van der Waals surface area contributed by atoms with Gasteiger partial charge in [0.2, 0.25) is 0 Å². The number of nitrogens with zero attached hydrogens (tertiary/aromatic N) is 2. The Kier molecular flexibility index (Phi) is 3.74. The summed E-state index contributed by atoms with van der Waals surface area (Å²) in [6, 6.07) is 5.17. The normalized spacial score (nSPS) is 27.6. The molecule has 3 rings (SSSR count). The maximum absolute atomic E-state index is 4.57. The zero-order valence-corrected chi connectivity index (χ0v) is 12.1. The van der Waals surface area contributed by atoms with Crippen molar-refractivity contribution in [3.63, 3.8) is 0 Å². The van der Waals surface area contributed by atoms with Crippen molar-refractivity contribution in [1.82, 2.24) is 10.3 Å². The molecule has 2 aliphatic rings. The van der Waals surface area contributed by atoms with Crippen LogP contribution in [0, 0.1) is 11.8 Å². The molecule has 1 aromatic heterocycles. The Balaban J connectivity index is 1.66. The van der Waals surface area contributed by atoms with Gasteiger partial charge in [0.1, 0.15) is 5.82 Å². The minimum atomic E-state index is 0.770. The van der Waals surface area contributed by atoms with Crippen molar-refractivity contribution in [3.8, 4) is 0 Å². The highest BCUT2D eigenvalue weighted by molar-refractivity contribution is 5.41. The topological polar surface area (TPSA) is 28.2 Å². The van der Waals surface area contributed by atoms with Crippen LogP contribution in [-0.2, 0) is 6.54 Å². The molecule has 19 heavy (non-hydrogen) atoms. The van der Waals surface area contributed by atoms with E-state index in [0.717, 1.165) is 43.3 Å². The second-order valence-corrected chi connectivity index (χ2v) is 6.53. The number of aromatic nitrogens is 1. The molecular formula is C16H25N3. The fraction of sp³-hybridized carbons (Fsp3) is 0.688. The number of nitrogens with one attached hydrogen (secondary N) is 1. The van der Waals surface area contributed by atoms with Crippen LogP contribution < -0.4 is 10.2 Å². The van der Waals surface area contributed by atoms with E-state index in [0.29, 0.717) is 0 Å². The van der Waals surface area contributed by atoms with Crippen LogP contribution >= 0.6 is 0 Å². The van der Waals surface area contributed by atoms with Crippen LogP contribution in [0.5, 0.6) is 0 Å². The maximum atomic E-state index is 4.57. The number of rotatable bonds is 4. The molecule has 2 heterocycles. The molecule has 3 heteroatoms. The summed E-state index contributed by atoms with van der Waals surface area (Å²) in [4.78, 5) is 7.03. The van der Waals surface area contributed by atoms with Crippen LogP contribution in [-0.4, -0.2) is 24.1 Å². The lowest BCUT2D eigenvalue weighted by Gasteiger charge is -2.36. The van der Waals surface area contributed by atoms with Gasteiger partial charge in [-0.05, 0) is 48.8 Å². The average Bonchev–Trinajstić information content (AvgIpc) is 3.20. The van der Waals surface area contributed by atoms with E-state index in [-0.39, 0.29) is 0 Å². The first-order chi connectivity index (χ1) is 9.20. The number of pyridine rings is 1. The molecule has 0 spiro atoms. The average molecular weight is 259 g/mol. The summed E-state index contributed by atoms with van der Waals surface area (Å²) >= 11 is 0. The van der Waals surface area contributed by atoms with Gasteiger partial charge in [-0.1, -0.05) is 13.8 Å². The predicted molar refractivity (Wildman–Crippen MR) is 79.3 cm³/mol. The van der Waals surface area contributed by atoms with Gasteiger partial charge in [0.15, 0.2) is 0 Å². The summed E-state index contributed by atoms with van der Waals surface area (Å²) in [7, 11) is 0. The molecule has 1 aliphatic carbocycles. The number of hydrogen-bond acceptors (Lipinski definition) is 3. The molecule has 0 radical (unpaired) electrons. The lowest BCUT2D eigenvalue weighted by Crippen LogP contribution is -2.39. The molecule has 1 N–H and O–H groups in total. The summed E-state index contributed by atoms with van der Waals surface area (Å²) in [5, 5.41) is 3.57. The molecule has 3 nitrogen and oxygen atoms in total. The van der Waals surface area contributed by atoms with Gasteiger partial charge >= 0.3 is 0 Å². The Bertz CT molecular complexity index is 418. The first-order valence-corrected chi connectivity index (χ1v) is 7.64. The van der Waals surface area contributed by atoms with E-state index in [1.54, 1.807) is 0 Å². The van der Waals surface area contributed by atoms with Gasteiger partial charge in [0, 0.05) is 31.9 Å². The van der Waals surface area contributed by atoms with Gasteiger partial charge in [0.25, 0.3) is 0 Å². The van der Waals surface area contributed by atoms with Crippen LogP contribution in [0.4, 0.5) is 5.82 Å². The van der Waals surface area contributed by atoms with Crippen molar-refractivity contribution in [2.45, 2.75) is 45.7 Å². The van der Waals surface area contributed by atoms with E-state index >= 15 is 0 Å². The highest BCUT2D eigenvalue weighted by Crippen LogP contribution is 2.25. The molecule has 1 saturated carbocycles. The van der Waals surface area contributed by atoms with Crippen LogP contribution in [0.25, 0.3) is 0 Å². The minimum absolute atomic E-state index is 0.770. The highest BCUT2D eigenvalue weighted by atomic mass is 15.2. The third-order valence-corrected chi connectivity index (χ3v) is 4.17. The molecule has 0 aromatic carbocycles. The second-order valence-electron chi connectivity index (χ2n) is 6.53. The second kappa shape index (κ2) is 5.49. The molecular weight excluding hydrogens is 234 g/mol. The van der Waals surface area contributed by atoms with Crippen LogP contribution in [0.3, 0.4) is 0 Å². The summed E-state index contributed by atoms with van der Waals surface area (Å²) in [5.74, 6) is 2.71. The van der Waals surface area contributed by atoms with Crippen LogP contribution in [0.1, 0.15) is 38.7 Å². The lowest BCUT2D eigenvalue weighted by atomic mass is 9.92. The molecule has 0 bridgehead atoms. The van der Waals surface area contributed by atoms with Crippen LogP contribution in [0.15, 0.2) is 18.3 Å². The Hall–Kier alpha value is -1.09. The number of piperidine rings is 1. The summed E-state index contributed by atoms with van der Waals surface area (Å²) < 4.78 is 0. The van der Waals surface area contributed by atoms with Crippen molar-refractivity contribution in [1.29, 1.82) is 0 Å². The van der Waals surface area contributed by atoms with Gasteiger partial charge in [-0.25, -0.2) is 4.98 Å². The molecule has 1 aromatic rings. The van der Waals surface area contributed by atoms with Crippen molar-refractivity contribution >= 4 is 5.82 Å². The maximum Gasteiger partial charge on any atom is 0.128 e. The van der Waals surface area contributed by atoms with E-state index in [2.05, 4.69) is 41.2 Å². The van der Waals surface area contributed by atoms with E-state index in [9.17, 15) is 0 Å². The van der Waals surface area contributed by atoms with Gasteiger partial charge in [0.05, 0.1) is 0 Å². The van der Waals surface area contributed by atoms with Crippen molar-refractivity contribution in [2.24, 2.45) is 11.8 Å². The molecule has 2 unspecified atom stereocenters. The van der Waals surface area contributed by atoms with Gasteiger partial charge in [-0.15, -0.1) is 0 Å². The van der Waals surface area contributed by atoms with E-state index < -0.39 is 0 Å². The quantitative estimate of drug-likeness (QED) is 0.901. The molecule has 104 valence electrons. The molecule has 2 fully saturated rings. The molecule has 1 aliphatic heterocycles. The molecule has 1 saturated heterocycles. The van der Waals surface area contributed by atoms with Crippen molar-refractivity contribution < 1.29 is 0 Å². The smallest absolute Gasteiger partial charge is 0.128 e. The fourth-order valence-corrected chi connectivity index (χ4v) is 3.14. The Labute approximate surface area is 116 Å². The van der Waals surface area contributed by atoms with Crippen LogP contribution in [0.2, 0.25) is 0 Å². The van der Waals surface area contributed by atoms with Gasteiger partial charge < -0.3 is 10.2 Å². The first kappa shape index (κ1) is 12.9. The molecule has 0 amide bonds. The predicted octanol–water partition coefficient (Wildman–Crippen LogP) is 2.82. The van der Waals surface area contributed by atoms with Crippen molar-refractivity contribution in [2.75, 3.05) is 18.0 Å². The van der Waals surface area contributed by atoms with Crippen molar-refractivity contribution in [3.05, 3.63) is 23.9 Å². The standard InChI is InChI=1S/C16H25N3/c1-12-7-13(2)11-19(10-12)16-8-14(5-6-17-16)9-18-15-3-4-15/h5-6,8,12-13,15,18H,3-4,7,9-11H2,1-2H3. The first-order valence-electron chi connectivity index (χ1n) is 7.64. The monoisotopic (exact) mass is 259 g/mol.